The van der Waals surface area contributed by atoms with Gasteiger partial charge in [0.2, 0.25) is 5.82 Å². The maximum atomic E-state index is 4.48. The zero-order valence-electron chi connectivity index (χ0n) is 17.8. The molecule has 0 aliphatic rings. The van der Waals surface area contributed by atoms with Crippen molar-refractivity contribution in [2.45, 2.75) is 32.9 Å². The minimum atomic E-state index is 0.00616. The summed E-state index contributed by atoms with van der Waals surface area (Å²) in [4.78, 5) is 1.31. The van der Waals surface area contributed by atoms with Crippen molar-refractivity contribution in [2.24, 2.45) is 0 Å². The third-order valence-corrected chi connectivity index (χ3v) is 5.64. The summed E-state index contributed by atoms with van der Waals surface area (Å²) in [5, 5.41) is 12.9. The summed E-state index contributed by atoms with van der Waals surface area (Å²) in [7, 11) is 2.21. The summed E-state index contributed by atoms with van der Waals surface area (Å²) in [5.74, 6) is 0.846. The molecule has 0 saturated heterocycles. The molecule has 2 atom stereocenters. The summed E-state index contributed by atoms with van der Waals surface area (Å²) in [5.41, 5.74) is 6.02. The van der Waals surface area contributed by atoms with Crippen LogP contribution in [0.1, 0.15) is 41.0 Å². The Morgan fingerprint density at radius 3 is 2.23 bits per heavy atom. The van der Waals surface area contributed by atoms with E-state index >= 15 is 0 Å². The number of nitrogens with zero attached hydrogens (tertiary/aromatic N) is 4. The summed E-state index contributed by atoms with van der Waals surface area (Å²) in [6, 6.07) is 27.6. The number of rotatable bonds is 7. The highest BCUT2D eigenvalue weighted by Gasteiger charge is 2.30. The predicted octanol–water partition coefficient (Wildman–Crippen LogP) is 3.34. The number of benzene rings is 3. The normalized spacial score (nSPS) is 13.2. The van der Waals surface area contributed by atoms with Crippen molar-refractivity contribution in [1.29, 1.82) is 0 Å². The van der Waals surface area contributed by atoms with Crippen LogP contribution < -0.4 is 4.90 Å². The molecule has 5 nitrogen and oxygen atoms in total. The van der Waals surface area contributed by atoms with Crippen LogP contribution in [-0.2, 0) is 13.0 Å². The molecule has 4 aromatic rings. The second-order valence-corrected chi connectivity index (χ2v) is 7.77. The monoisotopic (exact) mass is 398 g/mol. The molecular formula is C25H28N5+. The Kier molecular flexibility index (Phi) is 6.00. The van der Waals surface area contributed by atoms with Crippen molar-refractivity contribution in [3.8, 4) is 5.69 Å². The van der Waals surface area contributed by atoms with Gasteiger partial charge in [0.25, 0.3) is 0 Å². The molecule has 1 aromatic heterocycles. The number of nitrogens with one attached hydrogen (secondary N) is 1. The van der Waals surface area contributed by atoms with Crippen LogP contribution >= 0.6 is 0 Å². The Labute approximate surface area is 178 Å². The standard InChI is InChI=1S/C25H27N5/c1-4-20-14-16-21(17-15-20)18-29(3)24(22-11-6-5-7-12-22)25-26-27-28-30(25)23-13-9-8-10-19(23)2/h5-17,24H,4,18H2,1-3H3/p+1/t24-/m0/s1. The van der Waals surface area contributed by atoms with E-state index in [2.05, 4.69) is 97.1 Å². The fourth-order valence-corrected chi connectivity index (χ4v) is 3.96. The van der Waals surface area contributed by atoms with Gasteiger partial charge in [-0.15, -0.1) is 5.10 Å². The molecule has 0 spiro atoms. The third kappa shape index (κ3) is 4.16. The molecule has 3 aromatic carbocycles. The molecule has 0 fully saturated rings. The Bertz CT molecular complexity index is 1090. The first-order valence-electron chi connectivity index (χ1n) is 10.5. The predicted molar refractivity (Wildman–Crippen MR) is 119 cm³/mol. The van der Waals surface area contributed by atoms with Gasteiger partial charge >= 0.3 is 0 Å². The van der Waals surface area contributed by atoms with Crippen molar-refractivity contribution >= 4 is 0 Å². The highest BCUT2D eigenvalue weighted by Crippen LogP contribution is 2.21. The first kappa shape index (κ1) is 20.0. The molecule has 0 aliphatic heterocycles. The Morgan fingerprint density at radius 2 is 1.53 bits per heavy atom. The largest absolute Gasteiger partial charge is 0.321 e. The molecule has 1 unspecified atom stereocenters. The van der Waals surface area contributed by atoms with Crippen molar-refractivity contribution in [2.75, 3.05) is 7.05 Å². The van der Waals surface area contributed by atoms with Crippen LogP contribution in [0.25, 0.3) is 5.69 Å². The smallest absolute Gasteiger partial charge is 0.218 e. The Morgan fingerprint density at radius 1 is 0.867 bits per heavy atom. The van der Waals surface area contributed by atoms with E-state index in [4.69, 9.17) is 0 Å². The van der Waals surface area contributed by atoms with Crippen molar-refractivity contribution in [3.05, 3.63) is 107 Å². The third-order valence-electron chi connectivity index (χ3n) is 5.64. The second kappa shape index (κ2) is 9.01. The van der Waals surface area contributed by atoms with Gasteiger partial charge in [-0.2, -0.15) is 4.68 Å². The minimum absolute atomic E-state index is 0.00616. The van der Waals surface area contributed by atoms with E-state index in [0.29, 0.717) is 0 Å². The number of hydrogen-bond donors (Lipinski definition) is 1. The summed E-state index contributed by atoms with van der Waals surface area (Å²) >= 11 is 0. The quantitative estimate of drug-likeness (QED) is 0.519. The van der Waals surface area contributed by atoms with Crippen LogP contribution in [0.4, 0.5) is 0 Å². The molecule has 0 saturated carbocycles. The number of quaternary nitrogens is 1. The van der Waals surface area contributed by atoms with E-state index in [1.807, 2.05) is 22.9 Å². The molecular weight excluding hydrogens is 370 g/mol. The first-order valence-corrected chi connectivity index (χ1v) is 10.5. The van der Waals surface area contributed by atoms with Gasteiger partial charge in [0.05, 0.1) is 12.7 Å². The maximum Gasteiger partial charge on any atom is 0.218 e. The van der Waals surface area contributed by atoms with Crippen molar-refractivity contribution in [3.63, 3.8) is 0 Å². The minimum Gasteiger partial charge on any atom is -0.321 e. The molecule has 4 rings (SSSR count). The summed E-state index contributed by atoms with van der Waals surface area (Å²) in [6.45, 7) is 5.15. The molecule has 0 radical (unpaired) electrons. The van der Waals surface area contributed by atoms with Crippen LogP contribution in [0.15, 0.2) is 78.9 Å². The second-order valence-electron chi connectivity index (χ2n) is 7.77. The fourth-order valence-electron chi connectivity index (χ4n) is 3.96. The van der Waals surface area contributed by atoms with Gasteiger partial charge in [0.1, 0.15) is 6.54 Å². The molecule has 5 heteroatoms. The summed E-state index contributed by atoms with van der Waals surface area (Å²) < 4.78 is 1.89. The highest BCUT2D eigenvalue weighted by atomic mass is 15.6. The van der Waals surface area contributed by atoms with E-state index in [1.54, 1.807) is 0 Å². The van der Waals surface area contributed by atoms with E-state index in [1.165, 1.54) is 21.6 Å². The molecule has 152 valence electrons. The van der Waals surface area contributed by atoms with Gasteiger partial charge in [-0.3, -0.25) is 0 Å². The summed E-state index contributed by atoms with van der Waals surface area (Å²) in [6.07, 6.45) is 1.06. The SMILES string of the molecule is CCc1ccc(C[NH+](C)[C@@H](c2ccccc2)c2nnnn2-c2ccccc2C)cc1. The zero-order chi connectivity index (χ0) is 20.9. The van der Waals surface area contributed by atoms with Crippen molar-refractivity contribution in [1.82, 2.24) is 20.2 Å². The Balaban J connectivity index is 1.73. The molecule has 0 bridgehead atoms. The van der Waals surface area contributed by atoms with Gasteiger partial charge in [-0.25, -0.2) is 0 Å². The topological polar surface area (TPSA) is 48.0 Å². The number of aryl methyl sites for hydroxylation is 2. The molecule has 0 aliphatic carbocycles. The lowest BCUT2D eigenvalue weighted by molar-refractivity contribution is -0.920. The molecule has 30 heavy (non-hydrogen) atoms. The molecule has 0 amide bonds. The van der Waals surface area contributed by atoms with Crippen molar-refractivity contribution < 1.29 is 4.90 Å². The number of para-hydroxylation sites is 1. The van der Waals surface area contributed by atoms with Crippen LogP contribution in [0, 0.1) is 6.92 Å². The van der Waals surface area contributed by atoms with E-state index in [9.17, 15) is 0 Å². The van der Waals surface area contributed by atoms with Crippen LogP contribution in [0.3, 0.4) is 0 Å². The highest BCUT2D eigenvalue weighted by molar-refractivity contribution is 5.40. The average molecular weight is 399 g/mol. The number of tetrazole rings is 1. The maximum absolute atomic E-state index is 4.48. The van der Waals surface area contributed by atoms with Crippen LogP contribution in [-0.4, -0.2) is 27.3 Å². The van der Waals surface area contributed by atoms with E-state index in [0.717, 1.165) is 30.0 Å². The molecule has 1 N–H and O–H groups in total. The van der Waals surface area contributed by atoms with Crippen LogP contribution in [0.5, 0.6) is 0 Å². The lowest BCUT2D eigenvalue weighted by Crippen LogP contribution is -3.08. The van der Waals surface area contributed by atoms with Gasteiger partial charge in [0.15, 0.2) is 6.04 Å². The van der Waals surface area contributed by atoms with Gasteiger partial charge in [0, 0.05) is 11.1 Å². The lowest BCUT2D eigenvalue weighted by atomic mass is 10.0. The van der Waals surface area contributed by atoms with Gasteiger partial charge in [-0.05, 0) is 41.0 Å². The lowest BCUT2D eigenvalue weighted by Gasteiger charge is -2.25. The number of aromatic nitrogens is 4. The van der Waals surface area contributed by atoms with E-state index < -0.39 is 0 Å². The zero-order valence-corrected chi connectivity index (χ0v) is 17.8. The average Bonchev–Trinajstić information content (AvgIpc) is 3.24. The van der Waals surface area contributed by atoms with Gasteiger partial charge < -0.3 is 4.90 Å². The number of hydrogen-bond acceptors (Lipinski definition) is 3. The van der Waals surface area contributed by atoms with Gasteiger partial charge in [-0.1, -0.05) is 79.7 Å². The van der Waals surface area contributed by atoms with Crippen LogP contribution in [0.2, 0.25) is 0 Å². The first-order chi connectivity index (χ1) is 14.7. The van der Waals surface area contributed by atoms with E-state index in [-0.39, 0.29) is 6.04 Å². The fraction of sp³-hybridized carbons (Fsp3) is 0.240. The molecule has 1 heterocycles. The Hall–Kier alpha value is -3.31.